The highest BCUT2D eigenvalue weighted by Gasteiger charge is 2.30. The lowest BCUT2D eigenvalue weighted by Crippen LogP contribution is -2.32. The molecule has 1 aliphatic carbocycles. The van der Waals surface area contributed by atoms with Crippen LogP contribution in [0.1, 0.15) is 48.0 Å². The number of amides is 1. The molecule has 32 heavy (non-hydrogen) atoms. The first-order valence-electron chi connectivity index (χ1n) is 10.5. The minimum absolute atomic E-state index is 0.245. The highest BCUT2D eigenvalue weighted by atomic mass is 35.5. The molecule has 1 aliphatic rings. The van der Waals surface area contributed by atoms with Gasteiger partial charge in [-0.15, -0.1) is 11.3 Å². The summed E-state index contributed by atoms with van der Waals surface area (Å²) in [4.78, 5) is 38.4. The second kappa shape index (κ2) is 10.8. The Morgan fingerprint density at radius 1 is 1.25 bits per heavy atom. The van der Waals surface area contributed by atoms with Crippen molar-refractivity contribution in [3.63, 3.8) is 0 Å². The van der Waals surface area contributed by atoms with Crippen molar-refractivity contribution < 1.29 is 28.6 Å². The number of ether oxygens (including phenoxy) is 3. The van der Waals surface area contributed by atoms with Gasteiger partial charge in [-0.1, -0.05) is 18.5 Å². The summed E-state index contributed by atoms with van der Waals surface area (Å²) in [5, 5.41) is 3.74. The molecular weight excluding hydrogens is 454 g/mol. The van der Waals surface area contributed by atoms with E-state index in [1.807, 2.05) is 0 Å². The molecule has 0 spiro atoms. The van der Waals surface area contributed by atoms with Gasteiger partial charge in [-0.25, -0.2) is 9.59 Å². The average molecular weight is 480 g/mol. The smallest absolute Gasteiger partial charge is 0.344 e. The van der Waals surface area contributed by atoms with Crippen molar-refractivity contribution in [1.29, 1.82) is 0 Å². The molecule has 2 atom stereocenters. The van der Waals surface area contributed by atoms with Gasteiger partial charge in [0.1, 0.15) is 10.8 Å². The Morgan fingerprint density at radius 2 is 1.97 bits per heavy atom. The van der Waals surface area contributed by atoms with E-state index < -0.39 is 23.9 Å². The maximum absolute atomic E-state index is 12.7. The van der Waals surface area contributed by atoms with Gasteiger partial charge in [-0.2, -0.15) is 0 Å². The molecule has 0 radical (unpaired) electrons. The number of carbonyl (C=O) groups excluding carboxylic acids is 3. The summed E-state index contributed by atoms with van der Waals surface area (Å²) in [5.74, 6) is -0.688. The van der Waals surface area contributed by atoms with E-state index in [1.165, 1.54) is 18.3 Å². The summed E-state index contributed by atoms with van der Waals surface area (Å²) in [6, 6.07) is 6.53. The highest BCUT2D eigenvalue weighted by molar-refractivity contribution is 7.17. The first-order chi connectivity index (χ1) is 15.3. The monoisotopic (exact) mass is 479 g/mol. The molecule has 0 fully saturated rings. The fourth-order valence-electron chi connectivity index (χ4n) is 3.43. The Balaban J connectivity index is 1.63. The predicted molar refractivity (Wildman–Crippen MR) is 123 cm³/mol. The van der Waals surface area contributed by atoms with Crippen molar-refractivity contribution >= 4 is 45.8 Å². The van der Waals surface area contributed by atoms with E-state index in [0.29, 0.717) is 27.3 Å². The second-order valence-electron chi connectivity index (χ2n) is 7.64. The fourth-order valence-corrected chi connectivity index (χ4v) is 4.96. The van der Waals surface area contributed by atoms with Gasteiger partial charge in [0.25, 0.3) is 5.91 Å². The minimum Gasteiger partial charge on any atom is -0.482 e. The SMILES string of the molecule is CCOC(=O)c1c(NC(=O)C(C)OC(=O)COc2ccc(Cl)cc2)sc2c1CCC(C)C2. The van der Waals surface area contributed by atoms with Crippen molar-refractivity contribution in [3.8, 4) is 5.75 Å². The summed E-state index contributed by atoms with van der Waals surface area (Å²) in [7, 11) is 0. The molecule has 172 valence electrons. The Bertz CT molecular complexity index is 987. The van der Waals surface area contributed by atoms with Gasteiger partial charge in [-0.05, 0) is 68.9 Å². The Kier molecular flexibility index (Phi) is 8.15. The van der Waals surface area contributed by atoms with Crippen molar-refractivity contribution in [3.05, 3.63) is 45.3 Å². The van der Waals surface area contributed by atoms with Crippen LogP contribution in [-0.2, 0) is 31.9 Å². The lowest BCUT2D eigenvalue weighted by molar-refractivity contribution is -0.155. The van der Waals surface area contributed by atoms with E-state index in [0.717, 1.165) is 29.7 Å². The Labute approximate surface area is 196 Å². The van der Waals surface area contributed by atoms with Crippen LogP contribution in [0.5, 0.6) is 5.75 Å². The molecule has 0 bridgehead atoms. The third-order valence-corrected chi connectivity index (χ3v) is 6.50. The molecule has 7 nitrogen and oxygen atoms in total. The lowest BCUT2D eigenvalue weighted by atomic mass is 9.88. The maximum atomic E-state index is 12.7. The van der Waals surface area contributed by atoms with E-state index >= 15 is 0 Å². The summed E-state index contributed by atoms with van der Waals surface area (Å²) in [5.41, 5.74) is 1.36. The van der Waals surface area contributed by atoms with E-state index in [4.69, 9.17) is 25.8 Å². The van der Waals surface area contributed by atoms with Crippen LogP contribution in [0.4, 0.5) is 5.00 Å². The van der Waals surface area contributed by atoms with Crippen LogP contribution in [0.25, 0.3) is 0 Å². The van der Waals surface area contributed by atoms with E-state index in [1.54, 1.807) is 31.2 Å². The van der Waals surface area contributed by atoms with E-state index in [-0.39, 0.29) is 13.2 Å². The number of anilines is 1. The average Bonchev–Trinajstić information content (AvgIpc) is 3.10. The van der Waals surface area contributed by atoms with Crippen molar-refractivity contribution in [2.45, 2.75) is 46.1 Å². The Hall–Kier alpha value is -2.58. The quantitative estimate of drug-likeness (QED) is 0.554. The zero-order chi connectivity index (χ0) is 23.3. The van der Waals surface area contributed by atoms with Gasteiger partial charge in [0, 0.05) is 9.90 Å². The molecule has 3 rings (SSSR count). The number of benzene rings is 1. The maximum Gasteiger partial charge on any atom is 0.344 e. The largest absolute Gasteiger partial charge is 0.482 e. The van der Waals surface area contributed by atoms with Crippen LogP contribution in [0.2, 0.25) is 5.02 Å². The second-order valence-corrected chi connectivity index (χ2v) is 9.18. The molecule has 0 saturated carbocycles. The molecule has 2 unspecified atom stereocenters. The van der Waals surface area contributed by atoms with Gasteiger partial charge >= 0.3 is 11.9 Å². The predicted octanol–water partition coefficient (Wildman–Crippen LogP) is 4.65. The number of hydrogen-bond donors (Lipinski definition) is 1. The zero-order valence-electron chi connectivity index (χ0n) is 18.2. The van der Waals surface area contributed by atoms with Gasteiger partial charge in [0.05, 0.1) is 12.2 Å². The topological polar surface area (TPSA) is 90.9 Å². The number of hydrogen-bond acceptors (Lipinski definition) is 7. The van der Waals surface area contributed by atoms with Crippen molar-refractivity contribution in [2.24, 2.45) is 5.92 Å². The van der Waals surface area contributed by atoms with Crippen molar-refractivity contribution in [2.75, 3.05) is 18.5 Å². The van der Waals surface area contributed by atoms with Crippen molar-refractivity contribution in [1.82, 2.24) is 0 Å². The molecule has 1 aromatic heterocycles. The third-order valence-electron chi connectivity index (χ3n) is 5.08. The molecule has 0 aliphatic heterocycles. The molecule has 1 N–H and O–H groups in total. The first-order valence-corrected chi connectivity index (χ1v) is 11.7. The highest BCUT2D eigenvalue weighted by Crippen LogP contribution is 2.40. The van der Waals surface area contributed by atoms with Gasteiger partial charge < -0.3 is 19.5 Å². The van der Waals surface area contributed by atoms with Gasteiger partial charge in [0.15, 0.2) is 12.7 Å². The number of esters is 2. The minimum atomic E-state index is -1.07. The lowest BCUT2D eigenvalue weighted by Gasteiger charge is -2.18. The first kappa shape index (κ1) is 24.1. The van der Waals surface area contributed by atoms with Crippen LogP contribution in [-0.4, -0.2) is 37.2 Å². The number of halogens is 1. The molecule has 9 heteroatoms. The van der Waals surface area contributed by atoms with Crippen LogP contribution < -0.4 is 10.1 Å². The standard InChI is InChI=1S/C23H26ClNO6S/c1-4-29-23(28)20-17-10-5-13(2)11-18(17)32-22(20)25-21(27)14(3)31-19(26)12-30-16-8-6-15(24)7-9-16/h6-9,13-14H,4-5,10-12H2,1-3H3,(H,25,27). The number of carbonyl (C=O) groups is 3. The molecule has 2 aromatic rings. The normalized spacial score (nSPS) is 15.9. The molecular formula is C23H26ClNO6S. The zero-order valence-corrected chi connectivity index (χ0v) is 19.8. The molecule has 1 heterocycles. The number of nitrogens with one attached hydrogen (secondary N) is 1. The van der Waals surface area contributed by atoms with E-state index in [9.17, 15) is 14.4 Å². The van der Waals surface area contributed by atoms with Crippen LogP contribution in [0.15, 0.2) is 24.3 Å². The summed E-state index contributed by atoms with van der Waals surface area (Å²) in [6.45, 7) is 5.27. The third kappa shape index (κ3) is 6.01. The number of thiophene rings is 1. The number of fused-ring (bicyclic) bond motifs is 1. The van der Waals surface area contributed by atoms with Gasteiger partial charge in [-0.3, -0.25) is 4.79 Å². The van der Waals surface area contributed by atoms with Gasteiger partial charge in [0.2, 0.25) is 0 Å². The molecule has 1 amide bonds. The van der Waals surface area contributed by atoms with E-state index in [2.05, 4.69) is 12.2 Å². The summed E-state index contributed by atoms with van der Waals surface area (Å²) < 4.78 is 15.7. The molecule has 1 aromatic carbocycles. The molecule has 0 saturated heterocycles. The van der Waals surface area contributed by atoms with Crippen LogP contribution in [0.3, 0.4) is 0 Å². The Morgan fingerprint density at radius 3 is 2.66 bits per heavy atom. The fraction of sp³-hybridized carbons (Fsp3) is 0.435. The van der Waals surface area contributed by atoms with Crippen LogP contribution in [0, 0.1) is 5.92 Å². The number of rotatable bonds is 8. The summed E-state index contributed by atoms with van der Waals surface area (Å²) in [6.07, 6.45) is 1.54. The summed E-state index contributed by atoms with van der Waals surface area (Å²) >= 11 is 7.20. The van der Waals surface area contributed by atoms with Crippen LogP contribution >= 0.6 is 22.9 Å².